The third kappa shape index (κ3) is 4.47. The largest absolute Gasteiger partial charge is 0.494 e. The van der Waals surface area contributed by atoms with Crippen molar-refractivity contribution >= 4 is 29.1 Å². The van der Waals surface area contributed by atoms with Gasteiger partial charge >= 0.3 is 0 Å². The smallest absolute Gasteiger partial charge is 0.254 e. The van der Waals surface area contributed by atoms with Crippen molar-refractivity contribution in [2.24, 2.45) is 0 Å². The monoisotopic (exact) mass is 396 g/mol. The fraction of sp³-hybridized carbons (Fsp3) is 0.316. The van der Waals surface area contributed by atoms with E-state index in [2.05, 4.69) is 4.90 Å². The summed E-state index contributed by atoms with van der Waals surface area (Å²) >= 11 is 12.0. The van der Waals surface area contributed by atoms with Gasteiger partial charge in [-0.1, -0.05) is 29.3 Å². The molecule has 26 heavy (non-hydrogen) atoms. The van der Waals surface area contributed by atoms with Crippen LogP contribution in [0.25, 0.3) is 0 Å². The van der Waals surface area contributed by atoms with Crippen LogP contribution in [0.3, 0.4) is 0 Å². The molecule has 7 heteroatoms. The number of piperazine rings is 1. The molecular formula is C19H19Cl2FN2O2. The van der Waals surface area contributed by atoms with Crippen LogP contribution in [0.4, 0.5) is 4.39 Å². The number of hydrogen-bond donors (Lipinski definition) is 0. The highest BCUT2D eigenvalue weighted by molar-refractivity contribution is 6.35. The Kier molecular flexibility index (Phi) is 6.01. The van der Waals surface area contributed by atoms with Crippen molar-refractivity contribution in [2.45, 2.75) is 6.54 Å². The van der Waals surface area contributed by atoms with E-state index in [9.17, 15) is 9.18 Å². The first kappa shape index (κ1) is 19.0. The zero-order chi connectivity index (χ0) is 18.7. The Bertz CT molecular complexity index is 788. The fourth-order valence-electron chi connectivity index (χ4n) is 3.04. The maximum atomic E-state index is 13.8. The number of amides is 1. The average Bonchev–Trinajstić information content (AvgIpc) is 2.61. The molecule has 0 aliphatic carbocycles. The molecule has 3 rings (SSSR count). The van der Waals surface area contributed by atoms with Gasteiger partial charge in [0.15, 0.2) is 11.6 Å². The molecule has 1 heterocycles. The van der Waals surface area contributed by atoms with Crippen molar-refractivity contribution in [3.8, 4) is 5.75 Å². The van der Waals surface area contributed by atoms with E-state index in [1.165, 1.54) is 13.2 Å². The molecule has 0 unspecified atom stereocenters. The second-order valence-corrected chi connectivity index (χ2v) is 7.07. The summed E-state index contributed by atoms with van der Waals surface area (Å²) in [5, 5.41) is 0.891. The molecule has 138 valence electrons. The quantitative estimate of drug-likeness (QED) is 0.779. The van der Waals surface area contributed by atoms with Gasteiger partial charge in [-0.3, -0.25) is 9.69 Å². The van der Waals surface area contributed by atoms with Gasteiger partial charge in [-0.05, 0) is 35.9 Å². The summed E-state index contributed by atoms with van der Waals surface area (Å²) in [6.07, 6.45) is 0. The molecule has 1 aliphatic rings. The predicted molar refractivity (Wildman–Crippen MR) is 101 cm³/mol. The Morgan fingerprint density at radius 3 is 2.31 bits per heavy atom. The number of ether oxygens (including phenoxy) is 1. The van der Waals surface area contributed by atoms with E-state index in [-0.39, 0.29) is 17.5 Å². The molecule has 0 N–H and O–H groups in total. The number of hydrogen-bond acceptors (Lipinski definition) is 3. The van der Waals surface area contributed by atoms with Gasteiger partial charge in [0.1, 0.15) is 0 Å². The standard InChI is InChI=1S/C19H19Cl2FN2O2/c1-26-18-3-2-13(8-17(18)22)12-23-4-6-24(7-5-23)19(25)14-9-15(20)11-16(21)10-14/h2-3,8-11H,4-7,12H2,1H3. The summed E-state index contributed by atoms with van der Waals surface area (Å²) in [5.41, 5.74) is 1.37. The first-order valence-corrected chi connectivity index (χ1v) is 9.02. The lowest BCUT2D eigenvalue weighted by Crippen LogP contribution is -2.48. The Balaban J connectivity index is 1.58. The van der Waals surface area contributed by atoms with Crippen LogP contribution in [0.5, 0.6) is 5.75 Å². The van der Waals surface area contributed by atoms with Crippen LogP contribution in [-0.4, -0.2) is 49.0 Å². The predicted octanol–water partition coefficient (Wildman–Crippen LogP) is 4.10. The van der Waals surface area contributed by atoms with E-state index in [0.717, 1.165) is 5.56 Å². The fourth-order valence-corrected chi connectivity index (χ4v) is 3.56. The zero-order valence-corrected chi connectivity index (χ0v) is 15.9. The molecule has 4 nitrogen and oxygen atoms in total. The van der Waals surface area contributed by atoms with Crippen molar-refractivity contribution < 1.29 is 13.9 Å². The van der Waals surface area contributed by atoms with Gasteiger partial charge in [0.05, 0.1) is 7.11 Å². The molecule has 0 radical (unpaired) electrons. The molecule has 1 saturated heterocycles. The van der Waals surface area contributed by atoms with Crippen LogP contribution < -0.4 is 4.74 Å². The first-order chi connectivity index (χ1) is 12.5. The van der Waals surface area contributed by atoms with Gasteiger partial charge in [0.2, 0.25) is 0 Å². The molecule has 0 saturated carbocycles. The number of nitrogens with zero attached hydrogens (tertiary/aromatic N) is 2. The minimum absolute atomic E-state index is 0.0791. The molecular weight excluding hydrogens is 378 g/mol. The highest BCUT2D eigenvalue weighted by Gasteiger charge is 2.23. The molecule has 0 spiro atoms. The van der Waals surface area contributed by atoms with Crippen LogP contribution in [0.15, 0.2) is 36.4 Å². The lowest BCUT2D eigenvalue weighted by atomic mass is 10.1. The normalized spacial score (nSPS) is 15.2. The molecule has 1 amide bonds. The topological polar surface area (TPSA) is 32.8 Å². The van der Waals surface area contributed by atoms with Crippen LogP contribution in [-0.2, 0) is 6.54 Å². The van der Waals surface area contributed by atoms with Crippen LogP contribution in [0.2, 0.25) is 10.0 Å². The third-order valence-electron chi connectivity index (χ3n) is 4.39. The van der Waals surface area contributed by atoms with Crippen LogP contribution in [0.1, 0.15) is 15.9 Å². The highest BCUT2D eigenvalue weighted by Crippen LogP contribution is 2.22. The molecule has 0 atom stereocenters. The summed E-state index contributed by atoms with van der Waals surface area (Å²) < 4.78 is 18.7. The number of halogens is 3. The minimum atomic E-state index is -0.364. The van der Waals surface area contributed by atoms with Gasteiger partial charge in [0, 0.05) is 48.3 Å². The van der Waals surface area contributed by atoms with Crippen molar-refractivity contribution in [1.29, 1.82) is 0 Å². The highest BCUT2D eigenvalue weighted by atomic mass is 35.5. The lowest BCUT2D eigenvalue weighted by Gasteiger charge is -2.34. The average molecular weight is 397 g/mol. The van der Waals surface area contributed by atoms with E-state index in [1.807, 2.05) is 6.07 Å². The van der Waals surface area contributed by atoms with Gasteiger partial charge in [0.25, 0.3) is 5.91 Å². The van der Waals surface area contributed by atoms with E-state index in [0.29, 0.717) is 48.3 Å². The summed E-state index contributed by atoms with van der Waals surface area (Å²) in [4.78, 5) is 16.6. The van der Waals surface area contributed by atoms with Gasteiger partial charge < -0.3 is 9.64 Å². The van der Waals surface area contributed by atoms with Crippen molar-refractivity contribution in [3.05, 3.63) is 63.4 Å². The summed E-state index contributed by atoms with van der Waals surface area (Å²) in [7, 11) is 1.45. The second-order valence-electron chi connectivity index (χ2n) is 6.20. The Morgan fingerprint density at radius 1 is 1.08 bits per heavy atom. The molecule has 1 fully saturated rings. The second kappa shape index (κ2) is 8.25. The van der Waals surface area contributed by atoms with E-state index in [1.54, 1.807) is 29.2 Å². The maximum Gasteiger partial charge on any atom is 0.254 e. The number of carbonyl (C=O) groups is 1. The lowest BCUT2D eigenvalue weighted by molar-refractivity contribution is 0.0628. The summed E-state index contributed by atoms with van der Waals surface area (Å²) in [5.74, 6) is -0.203. The third-order valence-corrected chi connectivity index (χ3v) is 4.83. The van der Waals surface area contributed by atoms with Crippen LogP contribution in [0, 0.1) is 5.82 Å². The van der Waals surface area contributed by atoms with E-state index >= 15 is 0 Å². The van der Waals surface area contributed by atoms with E-state index < -0.39 is 0 Å². The van der Waals surface area contributed by atoms with Crippen molar-refractivity contribution in [1.82, 2.24) is 9.80 Å². The Morgan fingerprint density at radius 2 is 1.73 bits per heavy atom. The maximum absolute atomic E-state index is 13.8. The minimum Gasteiger partial charge on any atom is -0.494 e. The Hall–Kier alpha value is -1.82. The van der Waals surface area contributed by atoms with Gasteiger partial charge in [-0.2, -0.15) is 0 Å². The number of benzene rings is 2. The SMILES string of the molecule is COc1ccc(CN2CCN(C(=O)c3cc(Cl)cc(Cl)c3)CC2)cc1F. The summed E-state index contributed by atoms with van der Waals surface area (Å²) in [6.45, 7) is 3.26. The van der Waals surface area contributed by atoms with E-state index in [4.69, 9.17) is 27.9 Å². The van der Waals surface area contributed by atoms with Crippen molar-refractivity contribution in [2.75, 3.05) is 33.3 Å². The Labute approximate surface area is 162 Å². The molecule has 1 aliphatic heterocycles. The molecule has 2 aromatic carbocycles. The zero-order valence-electron chi connectivity index (χ0n) is 14.3. The molecule has 0 aromatic heterocycles. The first-order valence-electron chi connectivity index (χ1n) is 8.26. The van der Waals surface area contributed by atoms with Crippen molar-refractivity contribution in [3.63, 3.8) is 0 Å². The number of carbonyl (C=O) groups excluding carboxylic acids is 1. The van der Waals surface area contributed by atoms with Gasteiger partial charge in [-0.25, -0.2) is 4.39 Å². The van der Waals surface area contributed by atoms with Gasteiger partial charge in [-0.15, -0.1) is 0 Å². The molecule has 0 bridgehead atoms. The summed E-state index contributed by atoms with van der Waals surface area (Å²) in [6, 6.07) is 9.83. The molecule has 2 aromatic rings. The van der Waals surface area contributed by atoms with Crippen LogP contribution >= 0.6 is 23.2 Å². The number of methoxy groups -OCH3 is 1. The number of rotatable bonds is 4.